The van der Waals surface area contributed by atoms with E-state index >= 15 is 0 Å². The first kappa shape index (κ1) is 23.2. The fourth-order valence-electron chi connectivity index (χ4n) is 4.26. The van der Waals surface area contributed by atoms with E-state index in [1.807, 2.05) is 26.0 Å². The number of nitrogens with one attached hydrogen (secondary N) is 1. The third-order valence-corrected chi connectivity index (χ3v) is 6.16. The maximum absolute atomic E-state index is 12.7. The van der Waals surface area contributed by atoms with Gasteiger partial charge in [0.2, 0.25) is 0 Å². The first-order valence-electron chi connectivity index (χ1n) is 11.8. The van der Waals surface area contributed by atoms with Crippen LogP contribution in [0.5, 0.6) is 11.5 Å². The molecule has 178 valence electrons. The molecular formula is C25H34N4O4. The van der Waals surface area contributed by atoms with Crippen LogP contribution in [0.4, 0.5) is 16.3 Å². The van der Waals surface area contributed by atoms with Gasteiger partial charge < -0.3 is 25.6 Å². The molecule has 2 heterocycles. The summed E-state index contributed by atoms with van der Waals surface area (Å²) in [5, 5.41) is 14.2. The zero-order valence-electron chi connectivity index (χ0n) is 19.6. The number of carbonyl (C=O) groups excluding carboxylic acids is 1. The summed E-state index contributed by atoms with van der Waals surface area (Å²) < 4.78 is 11.4. The lowest BCUT2D eigenvalue weighted by atomic mass is 9.89. The Kier molecular flexibility index (Phi) is 6.93. The Hall–Kier alpha value is -3.00. The fourth-order valence-corrected chi connectivity index (χ4v) is 4.26. The molecule has 2 aromatic rings. The number of anilines is 2. The summed E-state index contributed by atoms with van der Waals surface area (Å²) in [6.45, 7) is 5.97. The van der Waals surface area contributed by atoms with Crippen LogP contribution in [-0.2, 0) is 4.74 Å². The maximum atomic E-state index is 12.7. The topological polar surface area (TPSA) is 110 Å². The Morgan fingerprint density at radius 1 is 1.33 bits per heavy atom. The molecule has 1 aliphatic carbocycles. The molecule has 1 amide bonds. The van der Waals surface area contributed by atoms with Crippen molar-refractivity contribution in [3.63, 3.8) is 0 Å². The van der Waals surface area contributed by atoms with E-state index in [2.05, 4.69) is 10.3 Å². The Balaban J connectivity index is 1.78. The Morgan fingerprint density at radius 3 is 2.79 bits per heavy atom. The molecule has 1 aromatic carbocycles. The van der Waals surface area contributed by atoms with Crippen LogP contribution in [0.1, 0.15) is 51.0 Å². The smallest absolute Gasteiger partial charge is 0.414 e. The van der Waals surface area contributed by atoms with E-state index in [9.17, 15) is 9.90 Å². The second-order valence-corrected chi connectivity index (χ2v) is 9.27. The van der Waals surface area contributed by atoms with Gasteiger partial charge in [-0.2, -0.15) is 0 Å². The van der Waals surface area contributed by atoms with Gasteiger partial charge >= 0.3 is 6.09 Å². The summed E-state index contributed by atoms with van der Waals surface area (Å²) in [4.78, 5) is 18.8. The number of phenolic OH excluding ortho intramolecular Hbond substituents is 1. The van der Waals surface area contributed by atoms with Crippen molar-refractivity contribution in [1.29, 1.82) is 0 Å². The molecule has 1 atom stereocenters. The lowest BCUT2D eigenvalue weighted by Crippen LogP contribution is -2.33. The minimum atomic E-state index is -0.479. The molecule has 8 heteroatoms. The van der Waals surface area contributed by atoms with Crippen LogP contribution in [0, 0.1) is 5.92 Å². The summed E-state index contributed by atoms with van der Waals surface area (Å²) in [6.07, 6.45) is 3.60. The lowest BCUT2D eigenvalue weighted by molar-refractivity contribution is 0.124. The molecule has 1 aromatic heterocycles. The van der Waals surface area contributed by atoms with Crippen molar-refractivity contribution in [3.05, 3.63) is 29.8 Å². The van der Waals surface area contributed by atoms with Gasteiger partial charge in [0, 0.05) is 13.6 Å². The number of nitrogen functional groups attached to an aromatic ring is 1. The molecule has 4 N–H and O–H groups in total. The molecule has 33 heavy (non-hydrogen) atoms. The van der Waals surface area contributed by atoms with Gasteiger partial charge in [-0.25, -0.2) is 9.78 Å². The summed E-state index contributed by atoms with van der Waals surface area (Å²) in [5.41, 5.74) is 8.98. The zero-order valence-corrected chi connectivity index (χ0v) is 19.6. The van der Waals surface area contributed by atoms with E-state index in [-0.39, 0.29) is 23.6 Å². The number of rotatable bonds is 7. The Morgan fingerprint density at radius 2 is 2.12 bits per heavy atom. The number of hydrogen-bond donors (Lipinski definition) is 3. The second kappa shape index (κ2) is 9.87. The van der Waals surface area contributed by atoms with Crippen molar-refractivity contribution in [3.8, 4) is 22.8 Å². The van der Waals surface area contributed by atoms with Gasteiger partial charge in [-0.15, -0.1) is 0 Å². The minimum absolute atomic E-state index is 0.0863. The predicted octanol–water partition coefficient (Wildman–Crippen LogP) is 4.27. The van der Waals surface area contributed by atoms with Crippen LogP contribution >= 0.6 is 0 Å². The van der Waals surface area contributed by atoms with Crippen molar-refractivity contribution in [2.75, 3.05) is 37.4 Å². The molecule has 0 bridgehead atoms. The van der Waals surface area contributed by atoms with Crippen LogP contribution in [0.15, 0.2) is 24.3 Å². The number of carbonyl (C=O) groups is 1. The number of aromatic hydroxyl groups is 1. The van der Waals surface area contributed by atoms with Gasteiger partial charge in [-0.3, -0.25) is 4.90 Å². The molecule has 1 saturated heterocycles. The average Bonchev–Trinajstić information content (AvgIpc) is 3.61. The third-order valence-electron chi connectivity index (χ3n) is 6.16. The number of amides is 1. The third kappa shape index (κ3) is 5.33. The van der Waals surface area contributed by atoms with E-state index in [1.165, 1.54) is 17.7 Å². The monoisotopic (exact) mass is 454 g/mol. The number of piperidine rings is 1. The van der Waals surface area contributed by atoms with Crippen LogP contribution in [-0.4, -0.2) is 49.0 Å². The Labute approximate surface area is 195 Å². The molecule has 0 spiro atoms. The molecule has 1 aliphatic heterocycles. The SMILES string of the molecule is CC(C)OC(=O)N(C)c1c(C2CCCNC2)cc(-c2c(O)cccc2OCC2CC2)nc1N. The molecule has 1 saturated carbocycles. The van der Waals surface area contributed by atoms with E-state index < -0.39 is 6.09 Å². The molecule has 2 aliphatic rings. The number of nitrogens with zero attached hydrogens (tertiary/aromatic N) is 2. The van der Waals surface area contributed by atoms with Gasteiger partial charge in [0.25, 0.3) is 0 Å². The lowest BCUT2D eigenvalue weighted by Gasteiger charge is -2.29. The average molecular weight is 455 g/mol. The van der Waals surface area contributed by atoms with E-state index in [1.54, 1.807) is 19.2 Å². The molecule has 8 nitrogen and oxygen atoms in total. The summed E-state index contributed by atoms with van der Waals surface area (Å²) in [6, 6.07) is 7.16. The number of aromatic nitrogens is 1. The van der Waals surface area contributed by atoms with Crippen molar-refractivity contribution in [1.82, 2.24) is 10.3 Å². The highest BCUT2D eigenvalue weighted by Crippen LogP contribution is 2.43. The van der Waals surface area contributed by atoms with Crippen molar-refractivity contribution in [2.24, 2.45) is 5.92 Å². The fraction of sp³-hybridized carbons (Fsp3) is 0.520. The first-order chi connectivity index (χ1) is 15.8. The minimum Gasteiger partial charge on any atom is -0.507 e. The number of ether oxygens (including phenoxy) is 2. The van der Waals surface area contributed by atoms with Gasteiger partial charge in [-0.05, 0) is 81.7 Å². The van der Waals surface area contributed by atoms with Crippen molar-refractivity contribution >= 4 is 17.6 Å². The molecule has 2 fully saturated rings. The second-order valence-electron chi connectivity index (χ2n) is 9.27. The Bertz CT molecular complexity index is 1000. The van der Waals surface area contributed by atoms with Crippen LogP contribution in [0.2, 0.25) is 0 Å². The van der Waals surface area contributed by atoms with Gasteiger partial charge in [-0.1, -0.05) is 6.07 Å². The molecule has 1 unspecified atom stereocenters. The quantitative estimate of drug-likeness (QED) is 0.573. The summed E-state index contributed by atoms with van der Waals surface area (Å²) in [7, 11) is 1.65. The molecule has 4 rings (SSSR count). The maximum Gasteiger partial charge on any atom is 0.414 e. The van der Waals surface area contributed by atoms with Crippen molar-refractivity contribution < 1.29 is 19.4 Å². The van der Waals surface area contributed by atoms with Crippen LogP contribution < -0.4 is 20.7 Å². The molecule has 0 radical (unpaired) electrons. The van der Waals surface area contributed by atoms with Crippen molar-refractivity contribution in [2.45, 2.75) is 51.6 Å². The van der Waals surface area contributed by atoms with E-state index in [0.717, 1.165) is 31.5 Å². The highest BCUT2D eigenvalue weighted by molar-refractivity contribution is 5.93. The van der Waals surface area contributed by atoms with Crippen LogP contribution in [0.3, 0.4) is 0 Å². The van der Waals surface area contributed by atoms with Gasteiger partial charge in [0.05, 0.1) is 29.7 Å². The zero-order chi connectivity index (χ0) is 23.5. The number of pyridine rings is 1. The van der Waals surface area contributed by atoms with Gasteiger partial charge in [0.1, 0.15) is 17.3 Å². The highest BCUT2D eigenvalue weighted by Gasteiger charge is 2.29. The summed E-state index contributed by atoms with van der Waals surface area (Å²) >= 11 is 0. The van der Waals surface area contributed by atoms with E-state index in [0.29, 0.717) is 35.2 Å². The summed E-state index contributed by atoms with van der Waals surface area (Å²) in [5.74, 6) is 1.61. The first-order valence-corrected chi connectivity index (χ1v) is 11.8. The molecular weight excluding hydrogens is 420 g/mol. The van der Waals surface area contributed by atoms with Crippen LogP contribution in [0.25, 0.3) is 11.3 Å². The van der Waals surface area contributed by atoms with Gasteiger partial charge in [0.15, 0.2) is 0 Å². The number of benzene rings is 1. The standard InChI is InChI=1S/C25H34N4O4/c1-15(2)33-25(31)29(3)23-18(17-6-5-11-27-13-17)12-19(28-24(23)26)22-20(30)7-4-8-21(22)32-14-16-9-10-16/h4,7-8,12,15-17,27,30H,5-6,9-11,13-14H2,1-3H3,(H2,26,28). The predicted molar refractivity (Wildman–Crippen MR) is 129 cm³/mol. The normalized spacial score (nSPS) is 18.2. The number of nitrogens with two attached hydrogens (primary N) is 1. The van der Waals surface area contributed by atoms with E-state index in [4.69, 9.17) is 15.2 Å². The highest BCUT2D eigenvalue weighted by atomic mass is 16.6. The number of hydrogen-bond acceptors (Lipinski definition) is 7. The largest absolute Gasteiger partial charge is 0.507 e. The number of phenols is 1.